The van der Waals surface area contributed by atoms with Gasteiger partial charge in [-0.2, -0.15) is 0 Å². The van der Waals surface area contributed by atoms with Gasteiger partial charge in [-0.25, -0.2) is 29.5 Å². The highest BCUT2D eigenvalue weighted by Gasteiger charge is 2.37. The number of carbonyl (C=O) groups excluding carboxylic acids is 2. The third kappa shape index (κ3) is 6.75. The lowest BCUT2D eigenvalue weighted by Gasteiger charge is -2.43. The summed E-state index contributed by atoms with van der Waals surface area (Å²) >= 11 is 0. The van der Waals surface area contributed by atoms with Gasteiger partial charge in [-0.1, -0.05) is 24.3 Å². The van der Waals surface area contributed by atoms with Gasteiger partial charge in [-0.05, 0) is 87.0 Å². The van der Waals surface area contributed by atoms with Gasteiger partial charge < -0.3 is 28.9 Å². The van der Waals surface area contributed by atoms with Crippen molar-refractivity contribution in [3.8, 4) is 45.8 Å². The Morgan fingerprint density at radius 1 is 0.607 bits per heavy atom. The molecule has 0 aliphatic carbocycles. The van der Waals surface area contributed by atoms with E-state index in [-0.39, 0.29) is 12.2 Å². The summed E-state index contributed by atoms with van der Waals surface area (Å²) in [6.07, 6.45) is 17.0. The fourth-order valence-corrected chi connectivity index (χ4v) is 8.76. The maximum Gasteiger partial charge on any atom is 0.336 e. The minimum atomic E-state index is -0.743. The van der Waals surface area contributed by atoms with Gasteiger partial charge in [0.05, 0.1) is 10.8 Å². The van der Waals surface area contributed by atoms with E-state index in [0.717, 1.165) is 110 Å². The lowest BCUT2D eigenvalue weighted by molar-refractivity contribution is -0.131. The lowest BCUT2D eigenvalue weighted by Crippen LogP contribution is -2.52. The van der Waals surface area contributed by atoms with Gasteiger partial charge in [0, 0.05) is 84.6 Å². The van der Waals surface area contributed by atoms with Crippen molar-refractivity contribution in [2.45, 2.75) is 37.9 Å². The van der Waals surface area contributed by atoms with Crippen LogP contribution in [0, 0.1) is 11.8 Å². The number of nitrogens with zero attached hydrogens (tertiary/aromatic N) is 6. The molecule has 56 heavy (non-hydrogen) atoms. The molecule has 6 saturated heterocycles. The van der Waals surface area contributed by atoms with Crippen LogP contribution in [0.25, 0.3) is 44.1 Å². The van der Waals surface area contributed by atoms with E-state index >= 15 is 0 Å². The monoisotopic (exact) mass is 752 g/mol. The van der Waals surface area contributed by atoms with Crippen molar-refractivity contribution in [3.63, 3.8) is 0 Å². The van der Waals surface area contributed by atoms with Crippen LogP contribution in [0.1, 0.15) is 25.7 Å². The van der Waals surface area contributed by atoms with Crippen molar-refractivity contribution in [2.75, 3.05) is 39.3 Å². The van der Waals surface area contributed by atoms with E-state index in [1.165, 1.54) is 0 Å². The standard InChI is InChI=1S/C42H40N8O6/c51-37(53-33-21-43-31-5-1-3-29(39(31)33)27-17-45-41(46-18-27)55-35-23-49-13-9-25(35)10-14-49)7-8-38(52)54-34-22-44-32-6-2-4-30(40(32)34)28-19-47-42(48-20-28)56-36-24-50-15-11-26(36)12-16-50/h1-8,17-22,25-26,35-36,43-44H,9-16,23-24H2/b8-7+/t35-,36-/m0/s1. The molecule has 0 radical (unpaired) electrons. The molecule has 6 aromatic rings. The van der Waals surface area contributed by atoms with Crippen LogP contribution in [0.3, 0.4) is 0 Å². The number of carbonyl (C=O) groups is 2. The number of aromatic amines is 2. The van der Waals surface area contributed by atoms with Crippen LogP contribution >= 0.6 is 0 Å². The molecule has 2 aromatic carbocycles. The number of benzene rings is 2. The molecular formula is C42H40N8O6. The maximum atomic E-state index is 13.0. The molecule has 12 rings (SSSR count). The smallest absolute Gasteiger partial charge is 0.336 e. The summed E-state index contributed by atoms with van der Waals surface area (Å²) in [5, 5.41) is 1.36. The van der Waals surface area contributed by atoms with Crippen LogP contribution < -0.4 is 18.9 Å². The zero-order chi connectivity index (χ0) is 37.6. The van der Waals surface area contributed by atoms with Crippen LogP contribution in [0.5, 0.6) is 23.5 Å². The number of H-pyrrole nitrogens is 2. The molecule has 0 amide bonds. The van der Waals surface area contributed by atoms with E-state index in [1.807, 2.05) is 36.4 Å². The largest absolute Gasteiger partial charge is 0.458 e. The van der Waals surface area contributed by atoms with Crippen LogP contribution in [-0.4, -0.2) is 103 Å². The number of fused-ring (bicyclic) bond motifs is 8. The summed E-state index contributed by atoms with van der Waals surface area (Å²) in [5.41, 5.74) is 4.57. The highest BCUT2D eigenvalue weighted by Crippen LogP contribution is 2.38. The normalized spacial score (nSPS) is 24.1. The van der Waals surface area contributed by atoms with Gasteiger partial charge in [-0.3, -0.25) is 9.80 Å². The van der Waals surface area contributed by atoms with E-state index < -0.39 is 11.9 Å². The van der Waals surface area contributed by atoms with Crippen LogP contribution in [0.2, 0.25) is 0 Å². The molecule has 4 bridgehead atoms. The summed E-state index contributed by atoms with van der Waals surface area (Å²) in [6, 6.07) is 12.1. The Bertz CT molecular complexity index is 2260. The van der Waals surface area contributed by atoms with E-state index in [1.54, 1.807) is 37.2 Å². The molecule has 284 valence electrons. The summed E-state index contributed by atoms with van der Waals surface area (Å²) in [6.45, 7) is 6.34. The second-order valence-electron chi connectivity index (χ2n) is 15.0. The van der Waals surface area contributed by atoms with Gasteiger partial charge in [0.15, 0.2) is 11.5 Å². The van der Waals surface area contributed by atoms with Gasteiger partial charge in [-0.15, -0.1) is 0 Å². The molecule has 0 spiro atoms. The first-order valence-corrected chi connectivity index (χ1v) is 19.3. The van der Waals surface area contributed by atoms with Gasteiger partial charge in [0.1, 0.15) is 12.2 Å². The molecule has 10 heterocycles. The first-order valence-electron chi connectivity index (χ1n) is 19.3. The Morgan fingerprint density at radius 3 is 1.39 bits per heavy atom. The Morgan fingerprint density at radius 2 is 1.02 bits per heavy atom. The summed E-state index contributed by atoms with van der Waals surface area (Å²) in [7, 11) is 0. The molecule has 4 aromatic heterocycles. The molecule has 0 saturated carbocycles. The molecule has 14 nitrogen and oxygen atoms in total. The van der Waals surface area contributed by atoms with E-state index in [0.29, 0.717) is 46.1 Å². The van der Waals surface area contributed by atoms with Crippen molar-refractivity contribution in [1.29, 1.82) is 0 Å². The van der Waals surface area contributed by atoms with E-state index in [9.17, 15) is 9.59 Å². The van der Waals surface area contributed by atoms with E-state index in [2.05, 4.69) is 39.7 Å². The number of esters is 2. The van der Waals surface area contributed by atoms with Crippen molar-refractivity contribution in [2.24, 2.45) is 11.8 Å². The SMILES string of the molecule is O=C(/C=C/C(=O)Oc1c[nH]c2cccc(-c3cnc(O[C@H]4CN5CCC4CC5)nc3)c12)Oc1c[nH]c2cccc(-c3cnc(O[C@H]4CN5CCC4CC5)nc3)c12. The minimum absolute atomic E-state index is 0.103. The van der Waals surface area contributed by atoms with Crippen molar-refractivity contribution >= 4 is 33.7 Å². The van der Waals surface area contributed by atoms with Gasteiger partial charge >= 0.3 is 24.0 Å². The summed E-state index contributed by atoms with van der Waals surface area (Å²) in [4.78, 5) is 55.3. The predicted molar refractivity (Wildman–Crippen MR) is 206 cm³/mol. The van der Waals surface area contributed by atoms with Crippen LogP contribution in [0.4, 0.5) is 0 Å². The van der Waals surface area contributed by atoms with E-state index in [4.69, 9.17) is 18.9 Å². The molecule has 6 aliphatic heterocycles. The number of hydrogen-bond donors (Lipinski definition) is 2. The second-order valence-corrected chi connectivity index (χ2v) is 15.0. The van der Waals surface area contributed by atoms with Gasteiger partial charge in [0.2, 0.25) is 0 Å². The van der Waals surface area contributed by atoms with Crippen LogP contribution in [0.15, 0.2) is 85.7 Å². The Labute approximate surface area is 321 Å². The third-order valence-electron chi connectivity index (χ3n) is 11.7. The first-order chi connectivity index (χ1) is 27.5. The topological polar surface area (TPSA) is 161 Å². The summed E-state index contributed by atoms with van der Waals surface area (Å²) in [5.74, 6) is 0.191. The number of hydrogen-bond acceptors (Lipinski definition) is 12. The minimum Gasteiger partial charge on any atom is -0.458 e. The average Bonchev–Trinajstić information content (AvgIpc) is 3.85. The fourth-order valence-electron chi connectivity index (χ4n) is 8.76. The van der Waals surface area contributed by atoms with Crippen molar-refractivity contribution in [1.82, 2.24) is 39.7 Å². The lowest BCUT2D eigenvalue weighted by atomic mass is 9.86. The highest BCUT2D eigenvalue weighted by molar-refractivity contribution is 6.03. The molecule has 6 aliphatic rings. The predicted octanol–water partition coefficient (Wildman–Crippen LogP) is 5.58. The number of ether oxygens (including phenoxy) is 4. The number of piperidine rings is 6. The quantitative estimate of drug-likeness (QED) is 0.132. The number of aromatic nitrogens is 6. The first kappa shape index (κ1) is 34.4. The van der Waals surface area contributed by atoms with Crippen molar-refractivity contribution < 1.29 is 28.5 Å². The van der Waals surface area contributed by atoms with Crippen molar-refractivity contribution in [3.05, 3.63) is 85.7 Å². The fraction of sp³-hybridized carbons (Fsp3) is 0.333. The number of nitrogens with one attached hydrogen (secondary N) is 2. The third-order valence-corrected chi connectivity index (χ3v) is 11.7. The molecule has 0 unspecified atom stereocenters. The van der Waals surface area contributed by atoms with Crippen LogP contribution in [-0.2, 0) is 9.59 Å². The molecular weight excluding hydrogens is 713 g/mol. The maximum absolute atomic E-state index is 13.0. The molecule has 6 fully saturated rings. The number of rotatable bonds is 10. The summed E-state index contributed by atoms with van der Waals surface area (Å²) < 4.78 is 23.8. The molecule has 2 atom stereocenters. The zero-order valence-corrected chi connectivity index (χ0v) is 30.6. The Hall–Kier alpha value is -6.12. The second kappa shape index (κ2) is 14.5. The Kier molecular flexibility index (Phi) is 8.91. The average molecular weight is 753 g/mol. The Balaban J connectivity index is 0.805. The highest BCUT2D eigenvalue weighted by atomic mass is 16.5. The zero-order valence-electron chi connectivity index (χ0n) is 30.6. The molecule has 14 heteroatoms. The molecule has 2 N–H and O–H groups in total. The van der Waals surface area contributed by atoms with Gasteiger partial charge in [0.25, 0.3) is 0 Å².